The molecule has 0 aliphatic carbocycles. The Hall–Kier alpha value is -1.02. The average molecular weight is 189 g/mol. The molecule has 0 saturated heterocycles. The molecule has 0 N–H and O–H groups in total. The van der Waals surface area contributed by atoms with E-state index in [1.54, 1.807) is 11.8 Å². The van der Waals surface area contributed by atoms with Gasteiger partial charge in [-0.15, -0.1) is 11.8 Å². The lowest BCUT2D eigenvalue weighted by Gasteiger charge is -2.04. The van der Waals surface area contributed by atoms with Gasteiger partial charge >= 0.3 is 0 Å². The van der Waals surface area contributed by atoms with Crippen molar-refractivity contribution in [3.63, 3.8) is 0 Å². The summed E-state index contributed by atoms with van der Waals surface area (Å²) in [7, 11) is 0. The standard InChI is InChI=1S/C11H11NS/c1-8-9-5-3-4-6-10(9)11(13-2)7-12-8/h3-7H,1-2H3. The first-order valence-corrected chi connectivity index (χ1v) is 5.43. The molecule has 2 aromatic rings. The molecule has 0 saturated carbocycles. The summed E-state index contributed by atoms with van der Waals surface area (Å²) in [6.07, 6.45) is 4.03. The fourth-order valence-corrected chi connectivity index (χ4v) is 2.03. The molecule has 1 nitrogen and oxygen atoms in total. The molecule has 0 aliphatic heterocycles. The lowest BCUT2D eigenvalue weighted by atomic mass is 10.1. The summed E-state index contributed by atoms with van der Waals surface area (Å²) < 4.78 is 0. The Morgan fingerprint density at radius 1 is 1.15 bits per heavy atom. The molecule has 2 rings (SSSR count). The highest BCUT2D eigenvalue weighted by molar-refractivity contribution is 7.98. The van der Waals surface area contributed by atoms with Crippen molar-refractivity contribution in [2.75, 3.05) is 6.26 Å². The monoisotopic (exact) mass is 189 g/mol. The van der Waals surface area contributed by atoms with Crippen molar-refractivity contribution in [3.8, 4) is 0 Å². The summed E-state index contributed by atoms with van der Waals surface area (Å²) in [6.45, 7) is 2.05. The van der Waals surface area contributed by atoms with Gasteiger partial charge in [-0.3, -0.25) is 4.98 Å². The van der Waals surface area contributed by atoms with Gasteiger partial charge in [0.2, 0.25) is 0 Å². The van der Waals surface area contributed by atoms with Gasteiger partial charge in [0.25, 0.3) is 0 Å². The summed E-state index contributed by atoms with van der Waals surface area (Å²) in [5.41, 5.74) is 1.10. The summed E-state index contributed by atoms with van der Waals surface area (Å²) in [5.74, 6) is 0. The van der Waals surface area contributed by atoms with Crippen molar-refractivity contribution in [3.05, 3.63) is 36.2 Å². The SMILES string of the molecule is CSc1cnc(C)c2ccccc12. The number of hydrogen-bond donors (Lipinski definition) is 0. The molecule has 0 amide bonds. The predicted molar refractivity (Wildman–Crippen MR) is 58.3 cm³/mol. The number of hydrogen-bond acceptors (Lipinski definition) is 2. The minimum Gasteiger partial charge on any atom is -0.260 e. The zero-order valence-corrected chi connectivity index (χ0v) is 8.56. The van der Waals surface area contributed by atoms with Crippen LogP contribution < -0.4 is 0 Å². The van der Waals surface area contributed by atoms with E-state index in [1.807, 2.05) is 13.1 Å². The van der Waals surface area contributed by atoms with Gasteiger partial charge in [-0.05, 0) is 18.6 Å². The Labute approximate surface area is 82.2 Å². The highest BCUT2D eigenvalue weighted by atomic mass is 32.2. The second kappa shape index (κ2) is 3.38. The molecule has 0 radical (unpaired) electrons. The van der Waals surface area contributed by atoms with E-state index in [4.69, 9.17) is 0 Å². The Kier molecular flexibility index (Phi) is 2.23. The summed E-state index contributed by atoms with van der Waals surface area (Å²) in [5, 5.41) is 2.57. The molecular weight excluding hydrogens is 178 g/mol. The van der Waals surface area contributed by atoms with Gasteiger partial charge in [-0.1, -0.05) is 24.3 Å². The molecule has 0 atom stereocenters. The fourth-order valence-electron chi connectivity index (χ4n) is 1.47. The molecule has 1 heterocycles. The van der Waals surface area contributed by atoms with Gasteiger partial charge in [0.1, 0.15) is 0 Å². The Morgan fingerprint density at radius 2 is 1.85 bits per heavy atom. The molecule has 0 unspecified atom stereocenters. The van der Waals surface area contributed by atoms with Crippen LogP contribution in [0.2, 0.25) is 0 Å². The maximum absolute atomic E-state index is 4.36. The molecule has 2 heteroatoms. The smallest absolute Gasteiger partial charge is 0.0451 e. The number of fused-ring (bicyclic) bond motifs is 1. The van der Waals surface area contributed by atoms with Crippen LogP contribution in [-0.2, 0) is 0 Å². The largest absolute Gasteiger partial charge is 0.260 e. The summed E-state index contributed by atoms with van der Waals surface area (Å²) in [6, 6.07) is 8.40. The maximum atomic E-state index is 4.36. The highest BCUT2D eigenvalue weighted by Gasteiger charge is 2.01. The first kappa shape index (κ1) is 8.57. The van der Waals surface area contributed by atoms with Gasteiger partial charge in [-0.2, -0.15) is 0 Å². The molecule has 0 fully saturated rings. The minimum absolute atomic E-state index is 1.10. The summed E-state index contributed by atoms with van der Waals surface area (Å²) >= 11 is 1.74. The van der Waals surface area contributed by atoms with Gasteiger partial charge in [-0.25, -0.2) is 0 Å². The predicted octanol–water partition coefficient (Wildman–Crippen LogP) is 3.27. The second-order valence-corrected chi connectivity index (χ2v) is 3.81. The van der Waals surface area contributed by atoms with E-state index < -0.39 is 0 Å². The number of nitrogens with zero attached hydrogens (tertiary/aromatic N) is 1. The van der Waals surface area contributed by atoms with Crippen molar-refractivity contribution in [2.45, 2.75) is 11.8 Å². The number of aryl methyl sites for hydroxylation is 1. The number of thioether (sulfide) groups is 1. The topological polar surface area (TPSA) is 12.9 Å². The molecule has 66 valence electrons. The van der Waals surface area contributed by atoms with Crippen molar-refractivity contribution >= 4 is 22.5 Å². The third-order valence-electron chi connectivity index (χ3n) is 2.18. The van der Waals surface area contributed by atoms with Crippen LogP contribution in [0.1, 0.15) is 5.69 Å². The van der Waals surface area contributed by atoms with E-state index in [9.17, 15) is 0 Å². The van der Waals surface area contributed by atoms with Crippen molar-refractivity contribution in [1.82, 2.24) is 4.98 Å². The van der Waals surface area contributed by atoms with Crippen LogP contribution in [0.25, 0.3) is 10.8 Å². The lowest BCUT2D eigenvalue weighted by molar-refractivity contribution is 1.19. The van der Waals surface area contributed by atoms with Crippen LogP contribution in [0.3, 0.4) is 0 Å². The van der Waals surface area contributed by atoms with Gasteiger partial charge in [0, 0.05) is 22.2 Å². The molecule has 13 heavy (non-hydrogen) atoms. The first-order chi connectivity index (χ1) is 6.33. The summed E-state index contributed by atoms with van der Waals surface area (Å²) in [4.78, 5) is 5.61. The van der Waals surface area contributed by atoms with E-state index in [2.05, 4.69) is 35.5 Å². The van der Waals surface area contributed by atoms with Gasteiger partial charge in [0.05, 0.1) is 0 Å². The molecule has 1 aromatic heterocycles. The van der Waals surface area contributed by atoms with Crippen LogP contribution >= 0.6 is 11.8 Å². The zero-order chi connectivity index (χ0) is 9.26. The molecule has 0 spiro atoms. The number of pyridine rings is 1. The van der Waals surface area contributed by atoms with Gasteiger partial charge < -0.3 is 0 Å². The Balaban J connectivity index is 2.84. The van der Waals surface area contributed by atoms with Crippen LogP contribution in [0, 0.1) is 6.92 Å². The fraction of sp³-hybridized carbons (Fsp3) is 0.182. The third-order valence-corrected chi connectivity index (χ3v) is 2.94. The average Bonchev–Trinajstić information content (AvgIpc) is 2.19. The Morgan fingerprint density at radius 3 is 2.54 bits per heavy atom. The van der Waals surface area contributed by atoms with Crippen molar-refractivity contribution in [2.24, 2.45) is 0 Å². The molecule has 0 aliphatic rings. The van der Waals surface area contributed by atoms with Crippen LogP contribution in [-0.4, -0.2) is 11.2 Å². The quantitative estimate of drug-likeness (QED) is 0.639. The van der Waals surface area contributed by atoms with Gasteiger partial charge in [0.15, 0.2) is 0 Å². The number of aromatic nitrogens is 1. The highest BCUT2D eigenvalue weighted by Crippen LogP contribution is 2.26. The molecule has 1 aromatic carbocycles. The lowest BCUT2D eigenvalue weighted by Crippen LogP contribution is -1.85. The zero-order valence-electron chi connectivity index (χ0n) is 7.74. The van der Waals surface area contributed by atoms with E-state index >= 15 is 0 Å². The first-order valence-electron chi connectivity index (χ1n) is 4.21. The molecular formula is C11H11NS. The van der Waals surface area contributed by atoms with Crippen LogP contribution in [0.5, 0.6) is 0 Å². The van der Waals surface area contributed by atoms with E-state index in [1.165, 1.54) is 15.7 Å². The Bertz CT molecular complexity index is 437. The normalized spacial score (nSPS) is 10.6. The van der Waals surface area contributed by atoms with E-state index in [0.29, 0.717) is 0 Å². The van der Waals surface area contributed by atoms with Crippen molar-refractivity contribution in [1.29, 1.82) is 0 Å². The van der Waals surface area contributed by atoms with Crippen molar-refractivity contribution < 1.29 is 0 Å². The van der Waals surface area contributed by atoms with Crippen LogP contribution in [0.4, 0.5) is 0 Å². The third kappa shape index (κ3) is 1.42. The minimum atomic E-state index is 1.10. The van der Waals surface area contributed by atoms with E-state index in [-0.39, 0.29) is 0 Å². The maximum Gasteiger partial charge on any atom is 0.0451 e. The van der Waals surface area contributed by atoms with Crippen LogP contribution in [0.15, 0.2) is 35.4 Å². The number of benzene rings is 1. The molecule has 0 bridgehead atoms. The number of rotatable bonds is 1. The van der Waals surface area contributed by atoms with E-state index in [0.717, 1.165) is 5.69 Å². The second-order valence-electron chi connectivity index (χ2n) is 2.96.